The van der Waals surface area contributed by atoms with Crippen LogP contribution in [0.1, 0.15) is 5.56 Å². The van der Waals surface area contributed by atoms with Gasteiger partial charge in [-0.15, -0.1) is 0 Å². The lowest BCUT2D eigenvalue weighted by molar-refractivity contribution is -0.138. The van der Waals surface area contributed by atoms with Crippen molar-refractivity contribution in [1.82, 2.24) is 19.9 Å². The number of aliphatic carboxylic acids is 1. The number of nitrogens with one attached hydrogen (secondary N) is 1. The van der Waals surface area contributed by atoms with Crippen molar-refractivity contribution < 1.29 is 14.4 Å². The first-order valence-corrected chi connectivity index (χ1v) is 5.03. The second-order valence-electron chi connectivity index (χ2n) is 3.70. The van der Waals surface area contributed by atoms with Gasteiger partial charge in [0.05, 0.1) is 5.56 Å². The van der Waals surface area contributed by atoms with E-state index in [2.05, 4.69) is 15.2 Å². The third kappa shape index (κ3) is 2.02. The summed E-state index contributed by atoms with van der Waals surface area (Å²) in [5, 5.41) is 14.7. The highest BCUT2D eigenvalue weighted by Crippen LogP contribution is 2.18. The Balaban J connectivity index is 2.43. The summed E-state index contributed by atoms with van der Waals surface area (Å²) in [6, 6.07) is -1.18. The molecule has 2 aromatic rings. The molecule has 9 heteroatoms. The van der Waals surface area contributed by atoms with Crippen molar-refractivity contribution in [3.8, 4) is 11.6 Å². The van der Waals surface area contributed by atoms with Gasteiger partial charge in [0, 0.05) is 13.5 Å². The van der Waals surface area contributed by atoms with Crippen LogP contribution in [0, 0.1) is 0 Å². The van der Waals surface area contributed by atoms with Crippen LogP contribution in [-0.4, -0.2) is 37.0 Å². The predicted octanol–water partition coefficient (Wildman–Crippen LogP) is -1.28. The van der Waals surface area contributed by atoms with Gasteiger partial charge >= 0.3 is 5.97 Å². The van der Waals surface area contributed by atoms with Gasteiger partial charge < -0.3 is 15.4 Å². The summed E-state index contributed by atoms with van der Waals surface area (Å²) < 4.78 is 6.40. The molecule has 0 saturated heterocycles. The number of nitrogens with two attached hydrogens (primary N) is 1. The molecule has 0 spiro atoms. The fourth-order valence-corrected chi connectivity index (χ4v) is 1.50. The van der Waals surface area contributed by atoms with Crippen LogP contribution in [0.3, 0.4) is 0 Å². The SMILES string of the molecule is Cn1ncnc1-c1o[nH]c(=O)c1C[C@@H](N)C(=O)O. The summed E-state index contributed by atoms with van der Waals surface area (Å²) in [5.41, 5.74) is 5.02. The van der Waals surface area contributed by atoms with Crippen LogP contribution in [0.25, 0.3) is 11.6 Å². The van der Waals surface area contributed by atoms with Gasteiger partial charge in [-0.05, 0) is 0 Å². The second kappa shape index (κ2) is 4.45. The van der Waals surface area contributed by atoms with Gasteiger partial charge in [0.25, 0.3) is 5.56 Å². The van der Waals surface area contributed by atoms with Crippen molar-refractivity contribution in [2.24, 2.45) is 12.8 Å². The lowest BCUT2D eigenvalue weighted by Crippen LogP contribution is -2.33. The highest BCUT2D eigenvalue weighted by molar-refractivity contribution is 5.74. The van der Waals surface area contributed by atoms with Crippen LogP contribution in [0.15, 0.2) is 15.6 Å². The summed E-state index contributed by atoms with van der Waals surface area (Å²) >= 11 is 0. The van der Waals surface area contributed by atoms with Crippen molar-refractivity contribution in [2.75, 3.05) is 0 Å². The average molecular weight is 253 g/mol. The molecule has 0 aliphatic carbocycles. The number of carbonyl (C=O) groups is 1. The average Bonchev–Trinajstić information content (AvgIpc) is 2.86. The number of nitrogens with zero attached hydrogens (tertiary/aromatic N) is 3. The quantitative estimate of drug-likeness (QED) is 0.616. The molecule has 0 aliphatic heterocycles. The monoisotopic (exact) mass is 253 g/mol. The van der Waals surface area contributed by atoms with E-state index in [0.717, 1.165) is 0 Å². The van der Waals surface area contributed by atoms with Crippen molar-refractivity contribution in [3.63, 3.8) is 0 Å². The minimum absolute atomic E-state index is 0.140. The number of hydrogen-bond acceptors (Lipinski definition) is 6. The molecule has 18 heavy (non-hydrogen) atoms. The minimum atomic E-state index is -1.19. The molecule has 0 unspecified atom stereocenters. The van der Waals surface area contributed by atoms with Gasteiger partial charge in [-0.1, -0.05) is 0 Å². The number of aryl methyl sites for hydroxylation is 1. The van der Waals surface area contributed by atoms with Crippen LogP contribution in [0.4, 0.5) is 0 Å². The zero-order chi connectivity index (χ0) is 13.3. The summed E-state index contributed by atoms with van der Waals surface area (Å²) in [5.74, 6) is -0.725. The molecule has 4 N–H and O–H groups in total. The number of hydrogen-bond donors (Lipinski definition) is 3. The van der Waals surface area contributed by atoms with Crippen LogP contribution >= 0.6 is 0 Å². The van der Waals surface area contributed by atoms with E-state index >= 15 is 0 Å². The maximum absolute atomic E-state index is 11.5. The first kappa shape index (κ1) is 12.0. The van der Waals surface area contributed by atoms with E-state index in [1.807, 2.05) is 0 Å². The van der Waals surface area contributed by atoms with Gasteiger partial charge in [0.2, 0.25) is 5.76 Å². The summed E-state index contributed by atoms with van der Waals surface area (Å²) in [7, 11) is 1.62. The highest BCUT2D eigenvalue weighted by Gasteiger charge is 2.23. The predicted molar refractivity (Wildman–Crippen MR) is 58.6 cm³/mol. The molecule has 0 amide bonds. The molecule has 1 atom stereocenters. The Morgan fingerprint density at radius 1 is 1.72 bits per heavy atom. The maximum Gasteiger partial charge on any atom is 0.320 e. The summed E-state index contributed by atoms with van der Waals surface area (Å²) in [4.78, 5) is 26.2. The molecule has 96 valence electrons. The van der Waals surface area contributed by atoms with E-state index in [-0.39, 0.29) is 17.7 Å². The number of aromatic amines is 1. The van der Waals surface area contributed by atoms with E-state index in [0.29, 0.717) is 5.82 Å². The number of rotatable bonds is 4. The Hall–Kier alpha value is -2.42. The number of carboxylic acids is 1. The first-order chi connectivity index (χ1) is 8.50. The molecule has 0 bridgehead atoms. The maximum atomic E-state index is 11.5. The molecular formula is C9H11N5O4. The molecule has 0 aromatic carbocycles. The molecule has 0 aliphatic rings. The van der Waals surface area contributed by atoms with E-state index < -0.39 is 17.6 Å². The molecule has 0 saturated carbocycles. The van der Waals surface area contributed by atoms with Crippen LogP contribution in [-0.2, 0) is 18.3 Å². The molecule has 2 rings (SSSR count). The lowest BCUT2D eigenvalue weighted by Gasteiger charge is -2.04. The van der Waals surface area contributed by atoms with E-state index in [4.69, 9.17) is 15.4 Å². The third-order valence-electron chi connectivity index (χ3n) is 2.45. The molecule has 0 radical (unpaired) electrons. The number of carboxylic acid groups (broad SMARTS) is 1. The van der Waals surface area contributed by atoms with Crippen LogP contribution in [0.5, 0.6) is 0 Å². The van der Waals surface area contributed by atoms with Gasteiger partial charge in [0.1, 0.15) is 12.4 Å². The Bertz CT molecular complexity index is 625. The Kier molecular flexibility index (Phi) is 2.98. The third-order valence-corrected chi connectivity index (χ3v) is 2.45. The zero-order valence-corrected chi connectivity index (χ0v) is 9.45. The Morgan fingerprint density at radius 3 is 3.00 bits per heavy atom. The lowest BCUT2D eigenvalue weighted by atomic mass is 10.1. The van der Waals surface area contributed by atoms with Crippen molar-refractivity contribution >= 4 is 5.97 Å². The summed E-state index contributed by atoms with van der Waals surface area (Å²) in [6.07, 6.45) is 1.15. The largest absolute Gasteiger partial charge is 0.480 e. The van der Waals surface area contributed by atoms with Gasteiger partial charge in [-0.25, -0.2) is 9.67 Å². The van der Waals surface area contributed by atoms with Crippen molar-refractivity contribution in [2.45, 2.75) is 12.5 Å². The minimum Gasteiger partial charge on any atom is -0.480 e. The fourth-order valence-electron chi connectivity index (χ4n) is 1.50. The molecule has 2 heterocycles. The first-order valence-electron chi connectivity index (χ1n) is 5.03. The standard InChI is InChI=1S/C9H11N5O4/c1-14-7(11-3-12-14)6-4(8(15)13-18-6)2-5(10)9(16)17/h3,5H,2,10H2,1H3,(H,13,15)(H,16,17)/t5-/m1/s1. The highest BCUT2D eigenvalue weighted by atomic mass is 16.5. The van der Waals surface area contributed by atoms with Gasteiger partial charge in [-0.2, -0.15) is 10.3 Å². The van der Waals surface area contributed by atoms with Gasteiger partial charge in [0.15, 0.2) is 5.82 Å². The molecular weight excluding hydrogens is 242 g/mol. The second-order valence-corrected chi connectivity index (χ2v) is 3.70. The van der Waals surface area contributed by atoms with Crippen molar-refractivity contribution in [3.05, 3.63) is 22.2 Å². The molecule has 2 aromatic heterocycles. The normalized spacial score (nSPS) is 12.6. The van der Waals surface area contributed by atoms with E-state index in [1.54, 1.807) is 7.05 Å². The molecule has 9 nitrogen and oxygen atoms in total. The fraction of sp³-hybridized carbons (Fsp3) is 0.333. The van der Waals surface area contributed by atoms with Gasteiger partial charge in [-0.3, -0.25) is 9.59 Å². The zero-order valence-electron chi connectivity index (χ0n) is 9.45. The Labute approximate surface area is 100 Å². The number of aromatic nitrogens is 4. The van der Waals surface area contributed by atoms with Crippen LogP contribution in [0.2, 0.25) is 0 Å². The van der Waals surface area contributed by atoms with Crippen LogP contribution < -0.4 is 11.3 Å². The van der Waals surface area contributed by atoms with Crippen molar-refractivity contribution in [1.29, 1.82) is 0 Å². The summed E-state index contributed by atoms with van der Waals surface area (Å²) in [6.45, 7) is 0. The topological polar surface area (TPSA) is 140 Å². The Morgan fingerprint density at radius 2 is 2.44 bits per heavy atom. The number of H-pyrrole nitrogens is 1. The smallest absolute Gasteiger partial charge is 0.320 e. The van der Waals surface area contributed by atoms with E-state index in [1.165, 1.54) is 11.0 Å². The van der Waals surface area contributed by atoms with E-state index in [9.17, 15) is 9.59 Å². The molecule has 0 fully saturated rings.